The van der Waals surface area contributed by atoms with Crippen LogP contribution >= 0.6 is 11.6 Å². The summed E-state index contributed by atoms with van der Waals surface area (Å²) in [6.45, 7) is 0.0616. The van der Waals surface area contributed by atoms with Gasteiger partial charge in [-0.2, -0.15) is 0 Å². The Morgan fingerprint density at radius 2 is 1.73 bits per heavy atom. The van der Waals surface area contributed by atoms with E-state index in [1.165, 1.54) is 0 Å². The zero-order chi connectivity index (χ0) is 18.4. The second kappa shape index (κ2) is 6.00. The first-order valence-electron chi connectivity index (χ1n) is 7.94. The Morgan fingerprint density at radius 1 is 1.08 bits per heavy atom. The van der Waals surface area contributed by atoms with Crippen LogP contribution in [0.5, 0.6) is 0 Å². The van der Waals surface area contributed by atoms with Gasteiger partial charge < -0.3 is 14.9 Å². The van der Waals surface area contributed by atoms with Crippen molar-refractivity contribution in [1.82, 2.24) is 9.88 Å². The van der Waals surface area contributed by atoms with E-state index >= 15 is 0 Å². The van der Waals surface area contributed by atoms with Gasteiger partial charge in [0, 0.05) is 22.5 Å². The molecule has 2 aromatic carbocycles. The Bertz CT molecular complexity index is 1050. The first-order valence-corrected chi connectivity index (χ1v) is 8.32. The number of benzene rings is 2. The number of hydrogen-bond acceptors (Lipinski definition) is 4. The van der Waals surface area contributed by atoms with Gasteiger partial charge in [0.25, 0.3) is 11.8 Å². The van der Waals surface area contributed by atoms with Crippen molar-refractivity contribution >= 4 is 40.3 Å². The van der Waals surface area contributed by atoms with Crippen molar-refractivity contribution < 1.29 is 19.5 Å². The number of carboxylic acids is 1. The minimum absolute atomic E-state index is 0.0616. The van der Waals surface area contributed by atoms with Crippen molar-refractivity contribution in [3.05, 3.63) is 69.9 Å². The predicted octanol–water partition coefficient (Wildman–Crippen LogP) is 2.02. The van der Waals surface area contributed by atoms with Gasteiger partial charge in [-0.15, -0.1) is 0 Å². The van der Waals surface area contributed by atoms with Crippen LogP contribution in [0.25, 0.3) is 10.9 Å². The summed E-state index contributed by atoms with van der Waals surface area (Å²) in [5, 5.41) is 12.6. The molecule has 0 atom stereocenters. The van der Waals surface area contributed by atoms with Crippen molar-refractivity contribution in [2.75, 3.05) is 6.54 Å². The molecular formula is C19H12ClN2O4-. The smallest absolute Gasteiger partial charge is 0.261 e. The molecule has 2 amide bonds. The van der Waals surface area contributed by atoms with Gasteiger partial charge >= 0.3 is 0 Å². The molecule has 1 aliphatic heterocycles. The number of carboxylic acid groups (broad SMARTS) is 1. The lowest BCUT2D eigenvalue weighted by Gasteiger charge is -2.14. The summed E-state index contributed by atoms with van der Waals surface area (Å²) < 4.78 is 0. The summed E-state index contributed by atoms with van der Waals surface area (Å²) >= 11 is 6.02. The molecule has 6 nitrogen and oxygen atoms in total. The molecule has 0 bridgehead atoms. The third kappa shape index (κ3) is 2.46. The number of imide groups is 1. The van der Waals surface area contributed by atoms with E-state index in [9.17, 15) is 19.5 Å². The van der Waals surface area contributed by atoms with Crippen LogP contribution in [0.1, 0.15) is 36.8 Å². The standard InChI is InChI=1S/C19H13ClN2O4/c20-10-5-6-15-14(9-10)11(16(21-15)19(25)26)7-8-22-17(23)12-3-1-2-4-13(12)18(22)24/h1-6,9,21H,7-8H2,(H,25,26)/p-1. The molecule has 0 saturated heterocycles. The van der Waals surface area contributed by atoms with Crippen molar-refractivity contribution in [3.8, 4) is 0 Å². The third-order valence-corrected chi connectivity index (χ3v) is 4.77. The van der Waals surface area contributed by atoms with Gasteiger partial charge in [0.05, 0.1) is 22.8 Å². The summed E-state index contributed by atoms with van der Waals surface area (Å²) in [5.74, 6) is -2.10. The lowest BCUT2D eigenvalue weighted by molar-refractivity contribution is -0.255. The lowest BCUT2D eigenvalue weighted by atomic mass is 10.1. The monoisotopic (exact) mass is 367 g/mol. The fourth-order valence-electron chi connectivity index (χ4n) is 3.32. The third-order valence-electron chi connectivity index (χ3n) is 4.54. The quantitative estimate of drug-likeness (QED) is 0.714. The fourth-order valence-corrected chi connectivity index (χ4v) is 3.49. The molecular weight excluding hydrogens is 356 g/mol. The average Bonchev–Trinajstić information content (AvgIpc) is 3.10. The van der Waals surface area contributed by atoms with Crippen molar-refractivity contribution in [2.45, 2.75) is 6.42 Å². The van der Waals surface area contributed by atoms with Crippen molar-refractivity contribution in [1.29, 1.82) is 0 Å². The second-order valence-corrected chi connectivity index (χ2v) is 6.45. The molecule has 0 aliphatic carbocycles. The molecule has 7 heteroatoms. The van der Waals surface area contributed by atoms with Gasteiger partial charge in [-0.1, -0.05) is 23.7 Å². The Balaban J connectivity index is 1.68. The minimum atomic E-state index is -1.35. The summed E-state index contributed by atoms with van der Waals surface area (Å²) in [6.07, 6.45) is 0.176. The number of aromatic amines is 1. The molecule has 26 heavy (non-hydrogen) atoms. The number of amides is 2. The Kier molecular flexibility index (Phi) is 3.77. The number of nitrogens with one attached hydrogen (secondary N) is 1. The van der Waals surface area contributed by atoms with E-state index in [1.807, 2.05) is 0 Å². The van der Waals surface area contributed by atoms with Gasteiger partial charge in [-0.05, 0) is 42.3 Å². The molecule has 0 saturated carbocycles. The first kappa shape index (κ1) is 16.4. The van der Waals surface area contributed by atoms with E-state index in [4.69, 9.17) is 11.6 Å². The molecule has 3 aromatic rings. The maximum Gasteiger partial charge on any atom is 0.261 e. The molecule has 1 aromatic heterocycles. The highest BCUT2D eigenvalue weighted by Crippen LogP contribution is 2.28. The predicted molar refractivity (Wildman–Crippen MR) is 93.2 cm³/mol. The maximum absolute atomic E-state index is 12.5. The van der Waals surface area contributed by atoms with E-state index in [2.05, 4.69) is 4.98 Å². The van der Waals surface area contributed by atoms with Gasteiger partial charge in [0.1, 0.15) is 0 Å². The number of H-pyrrole nitrogens is 1. The lowest BCUT2D eigenvalue weighted by Crippen LogP contribution is -2.32. The van der Waals surface area contributed by atoms with E-state index in [0.29, 0.717) is 32.6 Å². The zero-order valence-electron chi connectivity index (χ0n) is 13.4. The summed E-state index contributed by atoms with van der Waals surface area (Å²) in [7, 11) is 0. The highest BCUT2D eigenvalue weighted by molar-refractivity contribution is 6.31. The number of carbonyl (C=O) groups excluding carboxylic acids is 3. The SMILES string of the molecule is O=C([O-])c1[nH]c2ccc(Cl)cc2c1CCN1C(=O)c2ccccc2C1=O. The number of aromatic carboxylic acids is 1. The summed E-state index contributed by atoms with van der Waals surface area (Å²) in [4.78, 5) is 40.3. The Morgan fingerprint density at radius 3 is 2.35 bits per heavy atom. The number of halogens is 1. The van der Waals surface area contributed by atoms with Crippen LogP contribution in [-0.4, -0.2) is 34.2 Å². The van der Waals surface area contributed by atoms with Crippen LogP contribution in [-0.2, 0) is 6.42 Å². The van der Waals surface area contributed by atoms with Crippen LogP contribution in [0.3, 0.4) is 0 Å². The molecule has 130 valence electrons. The number of hydrogen-bond donors (Lipinski definition) is 1. The molecule has 0 radical (unpaired) electrons. The number of nitrogens with zero attached hydrogens (tertiary/aromatic N) is 1. The Labute approximate surface area is 153 Å². The topological polar surface area (TPSA) is 93.3 Å². The Hall–Kier alpha value is -3.12. The zero-order valence-corrected chi connectivity index (χ0v) is 14.2. The molecule has 2 heterocycles. The van der Waals surface area contributed by atoms with E-state index in [0.717, 1.165) is 4.90 Å². The second-order valence-electron chi connectivity index (χ2n) is 6.01. The minimum Gasteiger partial charge on any atom is -0.543 e. The van der Waals surface area contributed by atoms with E-state index < -0.39 is 5.97 Å². The van der Waals surface area contributed by atoms with Gasteiger partial charge in [-0.25, -0.2) is 0 Å². The van der Waals surface area contributed by atoms with Crippen LogP contribution in [0.15, 0.2) is 42.5 Å². The summed E-state index contributed by atoms with van der Waals surface area (Å²) in [6, 6.07) is 11.6. The van der Waals surface area contributed by atoms with Crippen LogP contribution in [0, 0.1) is 0 Å². The molecule has 0 fully saturated rings. The van der Waals surface area contributed by atoms with Crippen LogP contribution in [0.4, 0.5) is 0 Å². The summed E-state index contributed by atoms with van der Waals surface area (Å²) in [5.41, 5.74) is 1.71. The molecule has 4 rings (SSSR count). The van der Waals surface area contributed by atoms with Gasteiger partial charge in [-0.3, -0.25) is 14.5 Å². The van der Waals surface area contributed by atoms with Crippen LogP contribution < -0.4 is 5.11 Å². The van der Waals surface area contributed by atoms with E-state index in [-0.39, 0.29) is 30.5 Å². The normalized spacial score (nSPS) is 13.5. The molecule has 0 unspecified atom stereocenters. The number of fused-ring (bicyclic) bond motifs is 2. The van der Waals surface area contributed by atoms with Gasteiger partial charge in [0.15, 0.2) is 0 Å². The highest BCUT2D eigenvalue weighted by atomic mass is 35.5. The molecule has 0 spiro atoms. The van der Waals surface area contributed by atoms with Crippen molar-refractivity contribution in [2.24, 2.45) is 0 Å². The highest BCUT2D eigenvalue weighted by Gasteiger charge is 2.34. The number of rotatable bonds is 4. The van der Waals surface area contributed by atoms with Crippen molar-refractivity contribution in [3.63, 3.8) is 0 Å². The molecule has 1 N–H and O–H groups in total. The van der Waals surface area contributed by atoms with E-state index in [1.54, 1.807) is 42.5 Å². The first-order chi connectivity index (χ1) is 12.5. The number of aromatic nitrogens is 1. The van der Waals surface area contributed by atoms with Gasteiger partial charge in [0.2, 0.25) is 0 Å². The van der Waals surface area contributed by atoms with Crippen LogP contribution in [0.2, 0.25) is 5.02 Å². The number of carbonyl (C=O) groups is 3. The molecule has 1 aliphatic rings. The largest absolute Gasteiger partial charge is 0.543 e. The maximum atomic E-state index is 12.5. The fraction of sp³-hybridized carbons (Fsp3) is 0.105. The average molecular weight is 368 g/mol.